The molecule has 1 atom stereocenters. The highest BCUT2D eigenvalue weighted by Crippen LogP contribution is 2.32. The summed E-state index contributed by atoms with van der Waals surface area (Å²) in [5, 5.41) is 6.10. The van der Waals surface area contributed by atoms with Crippen molar-refractivity contribution in [1.82, 2.24) is 10.3 Å². The highest BCUT2D eigenvalue weighted by molar-refractivity contribution is 5.85. The Kier molecular flexibility index (Phi) is 4.12. The number of hydrogen-bond donors (Lipinski definition) is 2. The Balaban J connectivity index is 1.36. The van der Waals surface area contributed by atoms with Gasteiger partial charge in [0.2, 0.25) is 12.7 Å². The minimum Gasteiger partial charge on any atom is -0.454 e. The van der Waals surface area contributed by atoms with Crippen LogP contribution in [-0.2, 0) is 11.3 Å². The van der Waals surface area contributed by atoms with E-state index in [0.29, 0.717) is 18.2 Å². The van der Waals surface area contributed by atoms with Gasteiger partial charge in [0.25, 0.3) is 0 Å². The van der Waals surface area contributed by atoms with E-state index in [2.05, 4.69) is 15.6 Å². The Hall–Kier alpha value is -3.22. The number of hydrogen-bond acceptors (Lipinski definition) is 6. The third-order valence-corrected chi connectivity index (χ3v) is 4.17. The maximum atomic E-state index is 12.4. The van der Waals surface area contributed by atoms with Crippen molar-refractivity contribution >= 4 is 22.7 Å². The number of carbonyl (C=O) groups excluding carboxylic acids is 1. The molecule has 0 radical (unpaired) electrons. The van der Waals surface area contributed by atoms with E-state index in [1.54, 1.807) is 6.92 Å². The van der Waals surface area contributed by atoms with Gasteiger partial charge in [0.1, 0.15) is 11.6 Å². The molecule has 0 aliphatic carbocycles. The zero-order valence-corrected chi connectivity index (χ0v) is 14.5. The van der Waals surface area contributed by atoms with Gasteiger partial charge in [-0.25, -0.2) is 4.98 Å². The maximum absolute atomic E-state index is 12.4. The number of nitrogens with zero attached hydrogens (tertiary/aromatic N) is 1. The van der Waals surface area contributed by atoms with Gasteiger partial charge in [0.15, 0.2) is 23.0 Å². The van der Waals surface area contributed by atoms with E-state index in [9.17, 15) is 4.79 Å². The Morgan fingerprint density at radius 3 is 2.92 bits per heavy atom. The van der Waals surface area contributed by atoms with Crippen LogP contribution < -0.4 is 20.1 Å². The van der Waals surface area contributed by atoms with E-state index in [1.807, 2.05) is 43.3 Å². The van der Waals surface area contributed by atoms with Crippen molar-refractivity contribution in [3.05, 3.63) is 47.9 Å². The van der Waals surface area contributed by atoms with Crippen LogP contribution in [0, 0.1) is 6.92 Å². The fraction of sp³-hybridized carbons (Fsp3) is 0.263. The number of aromatic nitrogens is 1. The van der Waals surface area contributed by atoms with Gasteiger partial charge in [-0.15, -0.1) is 0 Å². The molecule has 1 aromatic heterocycles. The number of oxazole rings is 1. The lowest BCUT2D eigenvalue weighted by Gasteiger charge is -2.15. The highest BCUT2D eigenvalue weighted by Gasteiger charge is 2.16. The number of anilines is 1. The molecule has 4 rings (SSSR count). The van der Waals surface area contributed by atoms with Gasteiger partial charge in [-0.05, 0) is 42.8 Å². The lowest BCUT2D eigenvalue weighted by Crippen LogP contribution is -2.37. The summed E-state index contributed by atoms with van der Waals surface area (Å²) >= 11 is 0. The van der Waals surface area contributed by atoms with Crippen molar-refractivity contribution in [2.24, 2.45) is 0 Å². The Bertz CT molecular complexity index is 967. The minimum absolute atomic E-state index is 0.0981. The number of benzene rings is 2. The van der Waals surface area contributed by atoms with Gasteiger partial charge in [0.05, 0.1) is 0 Å². The molecule has 1 aliphatic rings. The van der Waals surface area contributed by atoms with Crippen LogP contribution in [0.15, 0.2) is 40.8 Å². The number of aryl methyl sites for hydroxylation is 1. The predicted molar refractivity (Wildman–Crippen MR) is 96.2 cm³/mol. The zero-order valence-electron chi connectivity index (χ0n) is 14.5. The van der Waals surface area contributed by atoms with Crippen LogP contribution in [0.5, 0.6) is 11.5 Å². The molecule has 0 fully saturated rings. The number of nitrogens with one attached hydrogen (secondary N) is 2. The van der Waals surface area contributed by atoms with Crippen LogP contribution >= 0.6 is 0 Å². The first-order valence-corrected chi connectivity index (χ1v) is 8.38. The van der Waals surface area contributed by atoms with E-state index in [1.165, 1.54) is 0 Å². The third kappa shape index (κ3) is 3.28. The Morgan fingerprint density at radius 2 is 2.04 bits per heavy atom. The Labute approximate surface area is 150 Å². The number of fused-ring (bicyclic) bond motifs is 2. The second-order valence-electron chi connectivity index (χ2n) is 6.19. The molecule has 3 aromatic rings. The van der Waals surface area contributed by atoms with Crippen LogP contribution in [-0.4, -0.2) is 23.7 Å². The molecule has 134 valence electrons. The summed E-state index contributed by atoms with van der Waals surface area (Å²) in [5.41, 5.74) is 3.26. The van der Waals surface area contributed by atoms with E-state index in [4.69, 9.17) is 13.9 Å². The van der Waals surface area contributed by atoms with Gasteiger partial charge in [-0.3, -0.25) is 4.79 Å². The summed E-state index contributed by atoms with van der Waals surface area (Å²) < 4.78 is 16.1. The molecule has 2 aromatic carbocycles. The summed E-state index contributed by atoms with van der Waals surface area (Å²) in [4.78, 5) is 16.7. The Morgan fingerprint density at radius 1 is 1.19 bits per heavy atom. The largest absolute Gasteiger partial charge is 0.454 e. The normalized spacial score (nSPS) is 13.6. The third-order valence-electron chi connectivity index (χ3n) is 4.17. The summed E-state index contributed by atoms with van der Waals surface area (Å²) in [6.07, 6.45) is 0. The zero-order chi connectivity index (χ0) is 18.1. The first-order chi connectivity index (χ1) is 12.6. The van der Waals surface area contributed by atoms with E-state index < -0.39 is 6.04 Å². The monoisotopic (exact) mass is 353 g/mol. The molecule has 1 amide bonds. The summed E-state index contributed by atoms with van der Waals surface area (Å²) in [6.45, 7) is 4.27. The van der Waals surface area contributed by atoms with Crippen molar-refractivity contribution < 1.29 is 18.7 Å². The molecule has 2 N–H and O–H groups in total. The minimum atomic E-state index is -0.394. The SMILES string of the molecule is Cc1nc2cc(NC(C)C(=O)NCc3ccc4c(c3)OCO4)ccc2o1. The van der Waals surface area contributed by atoms with E-state index in [-0.39, 0.29) is 12.7 Å². The second kappa shape index (κ2) is 6.59. The molecule has 7 heteroatoms. The molecule has 0 bridgehead atoms. The molecular weight excluding hydrogens is 334 g/mol. The van der Waals surface area contributed by atoms with E-state index >= 15 is 0 Å². The van der Waals surface area contributed by atoms with Crippen molar-refractivity contribution in [3.8, 4) is 11.5 Å². The van der Waals surface area contributed by atoms with Crippen molar-refractivity contribution in [2.75, 3.05) is 12.1 Å². The molecule has 2 heterocycles. The van der Waals surface area contributed by atoms with Crippen molar-refractivity contribution in [2.45, 2.75) is 26.4 Å². The number of amides is 1. The summed E-state index contributed by atoms with van der Waals surface area (Å²) in [7, 11) is 0. The first-order valence-electron chi connectivity index (χ1n) is 8.38. The summed E-state index contributed by atoms with van der Waals surface area (Å²) in [5.74, 6) is 1.96. The van der Waals surface area contributed by atoms with Crippen LogP contribution in [0.2, 0.25) is 0 Å². The lowest BCUT2D eigenvalue weighted by atomic mass is 10.2. The van der Waals surface area contributed by atoms with E-state index in [0.717, 1.165) is 28.1 Å². The van der Waals surface area contributed by atoms with Crippen molar-refractivity contribution in [1.29, 1.82) is 0 Å². The molecule has 1 unspecified atom stereocenters. The quantitative estimate of drug-likeness (QED) is 0.733. The molecule has 0 saturated carbocycles. The van der Waals surface area contributed by atoms with Gasteiger partial charge in [-0.1, -0.05) is 6.07 Å². The summed E-state index contributed by atoms with van der Waals surface area (Å²) in [6, 6.07) is 10.8. The molecule has 7 nitrogen and oxygen atoms in total. The molecule has 1 aliphatic heterocycles. The lowest BCUT2D eigenvalue weighted by molar-refractivity contribution is -0.121. The van der Waals surface area contributed by atoms with Gasteiger partial charge in [-0.2, -0.15) is 0 Å². The first kappa shape index (κ1) is 16.3. The van der Waals surface area contributed by atoms with Crippen LogP contribution in [0.25, 0.3) is 11.1 Å². The van der Waals surface area contributed by atoms with Gasteiger partial charge < -0.3 is 24.5 Å². The number of rotatable bonds is 5. The average Bonchev–Trinajstić information content (AvgIpc) is 3.23. The molecular formula is C19H19N3O4. The molecule has 0 saturated heterocycles. The second-order valence-corrected chi connectivity index (χ2v) is 6.19. The fourth-order valence-electron chi connectivity index (χ4n) is 2.84. The number of ether oxygens (including phenoxy) is 2. The maximum Gasteiger partial charge on any atom is 0.242 e. The molecule has 0 spiro atoms. The van der Waals surface area contributed by atoms with Crippen LogP contribution in [0.3, 0.4) is 0 Å². The fourth-order valence-corrected chi connectivity index (χ4v) is 2.84. The smallest absolute Gasteiger partial charge is 0.242 e. The standard InChI is InChI=1S/C19H19N3O4/c1-11(21-14-4-6-16-15(8-14)22-12(2)26-16)19(23)20-9-13-3-5-17-18(7-13)25-10-24-17/h3-8,11,21H,9-10H2,1-2H3,(H,20,23). The molecule has 26 heavy (non-hydrogen) atoms. The predicted octanol–water partition coefficient (Wildman–Crippen LogP) is 2.98. The van der Waals surface area contributed by atoms with Crippen molar-refractivity contribution in [3.63, 3.8) is 0 Å². The highest BCUT2D eigenvalue weighted by atomic mass is 16.7. The topological polar surface area (TPSA) is 85.6 Å². The average molecular weight is 353 g/mol. The van der Waals surface area contributed by atoms with Crippen LogP contribution in [0.1, 0.15) is 18.4 Å². The van der Waals surface area contributed by atoms with Gasteiger partial charge in [0, 0.05) is 19.2 Å². The number of carbonyl (C=O) groups is 1. The van der Waals surface area contributed by atoms with Gasteiger partial charge >= 0.3 is 0 Å². The van der Waals surface area contributed by atoms with Crippen LogP contribution in [0.4, 0.5) is 5.69 Å².